The zero-order chi connectivity index (χ0) is 43.0. The maximum atomic E-state index is 12.7. The summed E-state index contributed by atoms with van der Waals surface area (Å²) in [4.78, 5) is 37.8. The predicted molar refractivity (Wildman–Crippen MR) is 251 cm³/mol. The summed E-state index contributed by atoms with van der Waals surface area (Å²) in [5, 5.41) is 0. The minimum absolute atomic E-state index is 0.0938. The molecule has 0 amide bonds. The molecule has 0 bridgehead atoms. The second kappa shape index (κ2) is 47.8. The predicted octanol–water partition coefficient (Wildman–Crippen LogP) is 16.1. The first-order chi connectivity index (χ1) is 29.0. The minimum atomic E-state index is -0.791. The molecule has 1 atom stereocenters. The smallest absolute Gasteiger partial charge is 0.306 e. The number of carbonyl (C=O) groups excluding carboxylic acids is 3. The second-order valence-electron chi connectivity index (χ2n) is 16.4. The number of esters is 3. The van der Waals surface area contributed by atoms with Gasteiger partial charge in [0.15, 0.2) is 6.10 Å². The quantitative estimate of drug-likeness (QED) is 0.0200. The van der Waals surface area contributed by atoms with E-state index in [1.54, 1.807) is 0 Å². The molecule has 0 aliphatic heterocycles. The molecular weight excluding hydrogens is 733 g/mol. The fraction of sp³-hybridized carbons (Fsp3) is 0.755. The van der Waals surface area contributed by atoms with E-state index in [0.29, 0.717) is 19.3 Å². The Kier molecular flexibility index (Phi) is 45.4. The van der Waals surface area contributed by atoms with Gasteiger partial charge < -0.3 is 14.2 Å². The summed E-state index contributed by atoms with van der Waals surface area (Å²) in [7, 11) is 0. The first-order valence-electron chi connectivity index (χ1n) is 24.8. The van der Waals surface area contributed by atoms with E-state index in [9.17, 15) is 14.4 Å². The zero-order valence-corrected chi connectivity index (χ0v) is 38.8. The van der Waals surface area contributed by atoms with Crippen molar-refractivity contribution in [3.8, 4) is 0 Å². The summed E-state index contributed by atoms with van der Waals surface area (Å²) in [5.74, 6) is -0.947. The summed E-state index contributed by atoms with van der Waals surface area (Å²) < 4.78 is 16.7. The Morgan fingerprint density at radius 3 is 1.19 bits per heavy atom. The summed E-state index contributed by atoms with van der Waals surface area (Å²) in [6.07, 6.45) is 57.8. The van der Waals surface area contributed by atoms with Gasteiger partial charge in [-0.2, -0.15) is 0 Å². The van der Waals surface area contributed by atoms with Gasteiger partial charge in [0.1, 0.15) is 13.2 Å². The Bertz CT molecular complexity index is 1090. The average Bonchev–Trinajstić information content (AvgIpc) is 3.23. The fourth-order valence-corrected chi connectivity index (χ4v) is 6.83. The molecule has 6 nitrogen and oxygen atoms in total. The molecule has 0 aliphatic rings. The van der Waals surface area contributed by atoms with E-state index in [0.717, 1.165) is 89.9 Å². The average molecular weight is 825 g/mol. The van der Waals surface area contributed by atoms with Crippen LogP contribution in [-0.2, 0) is 28.6 Å². The highest BCUT2D eigenvalue weighted by Crippen LogP contribution is 2.15. The van der Waals surface area contributed by atoms with Crippen LogP contribution in [-0.4, -0.2) is 37.2 Å². The van der Waals surface area contributed by atoms with Crippen LogP contribution in [0.1, 0.15) is 239 Å². The monoisotopic (exact) mass is 825 g/mol. The standard InChI is InChI=1S/C53H92O6/c1-4-7-10-13-16-19-21-23-25-26-27-28-30-31-34-37-40-43-46-52(55)58-49-50(48-57-51(54)45-42-39-36-33-18-15-12-9-6-3)59-53(56)47-44-41-38-35-32-29-24-22-20-17-14-11-8-5-2/h9,12,18,21,23,25-28,33,50H,4-8,10-11,13-17,19-20,22,24,29-32,34-49H2,1-3H3/b12-9-,23-21-,26-25-,28-27-,33-18-. The molecule has 0 saturated heterocycles. The van der Waals surface area contributed by atoms with Gasteiger partial charge in [0, 0.05) is 19.3 Å². The van der Waals surface area contributed by atoms with Gasteiger partial charge in [0.2, 0.25) is 0 Å². The van der Waals surface area contributed by atoms with Crippen molar-refractivity contribution in [3.63, 3.8) is 0 Å². The number of carbonyl (C=O) groups is 3. The third kappa shape index (κ3) is 46.0. The lowest BCUT2D eigenvalue weighted by Gasteiger charge is -2.18. The van der Waals surface area contributed by atoms with Crippen molar-refractivity contribution >= 4 is 17.9 Å². The Labute approximate surface area is 364 Å². The van der Waals surface area contributed by atoms with Gasteiger partial charge in [0.05, 0.1) is 0 Å². The summed E-state index contributed by atoms with van der Waals surface area (Å²) >= 11 is 0. The van der Waals surface area contributed by atoms with Crippen molar-refractivity contribution in [1.82, 2.24) is 0 Å². The minimum Gasteiger partial charge on any atom is -0.462 e. The van der Waals surface area contributed by atoms with Gasteiger partial charge in [-0.15, -0.1) is 0 Å². The Morgan fingerprint density at radius 2 is 0.729 bits per heavy atom. The van der Waals surface area contributed by atoms with E-state index in [2.05, 4.69) is 81.5 Å². The molecule has 0 spiro atoms. The summed E-state index contributed by atoms with van der Waals surface area (Å²) in [6, 6.07) is 0. The number of rotatable bonds is 44. The normalized spacial score (nSPS) is 12.5. The van der Waals surface area contributed by atoms with Crippen LogP contribution in [0.15, 0.2) is 60.8 Å². The molecule has 0 N–H and O–H groups in total. The molecule has 0 aromatic rings. The molecular formula is C53H92O6. The van der Waals surface area contributed by atoms with E-state index in [1.165, 1.54) is 109 Å². The van der Waals surface area contributed by atoms with Crippen LogP contribution >= 0.6 is 0 Å². The van der Waals surface area contributed by atoms with Gasteiger partial charge in [-0.1, -0.05) is 210 Å². The SMILES string of the molecule is CC/C=C\C/C=C\CCCCC(=O)OCC(COC(=O)CCCCCCC\C=C/C=C\C=C/CCCCCCC)OC(=O)CCCCCCCCCCCCCCCC. The lowest BCUT2D eigenvalue weighted by atomic mass is 10.0. The van der Waals surface area contributed by atoms with Crippen molar-refractivity contribution in [2.75, 3.05) is 13.2 Å². The van der Waals surface area contributed by atoms with E-state index < -0.39 is 6.10 Å². The van der Waals surface area contributed by atoms with Crippen LogP contribution in [0, 0.1) is 0 Å². The van der Waals surface area contributed by atoms with Crippen LogP contribution in [0.2, 0.25) is 0 Å². The van der Waals surface area contributed by atoms with Gasteiger partial charge >= 0.3 is 17.9 Å². The summed E-state index contributed by atoms with van der Waals surface area (Å²) in [5.41, 5.74) is 0. The molecule has 0 aromatic heterocycles. The Balaban J connectivity index is 4.38. The molecule has 0 aromatic carbocycles. The van der Waals surface area contributed by atoms with Crippen LogP contribution < -0.4 is 0 Å². The molecule has 0 radical (unpaired) electrons. The molecule has 0 aliphatic carbocycles. The van der Waals surface area contributed by atoms with Crippen molar-refractivity contribution < 1.29 is 28.6 Å². The maximum Gasteiger partial charge on any atom is 0.306 e. The second-order valence-corrected chi connectivity index (χ2v) is 16.4. The Hall–Kier alpha value is -2.89. The van der Waals surface area contributed by atoms with Gasteiger partial charge in [0.25, 0.3) is 0 Å². The van der Waals surface area contributed by atoms with E-state index in [4.69, 9.17) is 14.2 Å². The van der Waals surface area contributed by atoms with Gasteiger partial charge in [-0.3, -0.25) is 14.4 Å². The van der Waals surface area contributed by atoms with E-state index >= 15 is 0 Å². The van der Waals surface area contributed by atoms with Gasteiger partial charge in [-0.25, -0.2) is 0 Å². The van der Waals surface area contributed by atoms with Crippen molar-refractivity contribution in [3.05, 3.63) is 60.8 Å². The van der Waals surface area contributed by atoms with Crippen LogP contribution in [0.25, 0.3) is 0 Å². The van der Waals surface area contributed by atoms with Gasteiger partial charge in [-0.05, 0) is 70.6 Å². The fourth-order valence-electron chi connectivity index (χ4n) is 6.83. The molecule has 59 heavy (non-hydrogen) atoms. The largest absolute Gasteiger partial charge is 0.462 e. The number of hydrogen-bond donors (Lipinski definition) is 0. The van der Waals surface area contributed by atoms with Crippen LogP contribution in [0.4, 0.5) is 0 Å². The number of unbranched alkanes of at least 4 members (excludes halogenated alkanes) is 25. The molecule has 0 saturated carbocycles. The van der Waals surface area contributed by atoms with E-state index in [-0.39, 0.29) is 31.1 Å². The van der Waals surface area contributed by atoms with Crippen LogP contribution in [0.3, 0.4) is 0 Å². The number of allylic oxidation sites excluding steroid dienone is 10. The lowest BCUT2D eigenvalue weighted by Crippen LogP contribution is -2.30. The van der Waals surface area contributed by atoms with Crippen molar-refractivity contribution in [2.24, 2.45) is 0 Å². The zero-order valence-electron chi connectivity index (χ0n) is 38.8. The number of ether oxygens (including phenoxy) is 3. The summed E-state index contributed by atoms with van der Waals surface area (Å²) in [6.45, 7) is 6.45. The maximum absolute atomic E-state index is 12.7. The molecule has 340 valence electrons. The van der Waals surface area contributed by atoms with E-state index in [1.807, 2.05) is 0 Å². The Morgan fingerprint density at radius 1 is 0.373 bits per heavy atom. The lowest BCUT2D eigenvalue weighted by molar-refractivity contribution is -0.167. The highest BCUT2D eigenvalue weighted by atomic mass is 16.6. The molecule has 0 heterocycles. The molecule has 1 unspecified atom stereocenters. The van der Waals surface area contributed by atoms with Crippen molar-refractivity contribution in [1.29, 1.82) is 0 Å². The first-order valence-corrected chi connectivity index (χ1v) is 24.8. The molecule has 0 rings (SSSR count). The molecule has 6 heteroatoms. The molecule has 0 fully saturated rings. The highest BCUT2D eigenvalue weighted by Gasteiger charge is 2.19. The van der Waals surface area contributed by atoms with Crippen molar-refractivity contribution in [2.45, 2.75) is 245 Å². The van der Waals surface area contributed by atoms with Crippen LogP contribution in [0.5, 0.6) is 0 Å². The topological polar surface area (TPSA) is 78.9 Å². The third-order valence-corrected chi connectivity index (χ3v) is 10.6. The first kappa shape index (κ1) is 56.1. The number of hydrogen-bond acceptors (Lipinski definition) is 6. The highest BCUT2D eigenvalue weighted by molar-refractivity contribution is 5.71. The third-order valence-electron chi connectivity index (χ3n) is 10.6.